The van der Waals surface area contributed by atoms with Crippen molar-refractivity contribution in [2.45, 2.75) is 45.2 Å². The maximum Gasteiger partial charge on any atom is 0.0408 e. The van der Waals surface area contributed by atoms with Crippen molar-refractivity contribution in [3.8, 4) is 0 Å². The molecule has 0 atom stereocenters. The highest BCUT2D eigenvalue weighted by molar-refractivity contribution is 6.30. The number of benzene rings is 1. The first-order valence-electron chi connectivity index (χ1n) is 6.72. The van der Waals surface area contributed by atoms with E-state index < -0.39 is 0 Å². The van der Waals surface area contributed by atoms with Gasteiger partial charge in [-0.2, -0.15) is 0 Å². The molecule has 2 fully saturated rings. The van der Waals surface area contributed by atoms with E-state index in [0.717, 1.165) is 29.4 Å². The second-order valence-electron chi connectivity index (χ2n) is 5.65. The summed E-state index contributed by atoms with van der Waals surface area (Å²) < 4.78 is 0. The van der Waals surface area contributed by atoms with Gasteiger partial charge in [-0.3, -0.25) is 0 Å². The van der Waals surface area contributed by atoms with Crippen molar-refractivity contribution in [1.29, 1.82) is 0 Å². The Bertz CT molecular complexity index is 395. The smallest absolute Gasteiger partial charge is 0.0408 e. The first-order chi connectivity index (χ1) is 8.24. The lowest BCUT2D eigenvalue weighted by molar-refractivity contribution is 0.415. The average molecular weight is 250 g/mol. The third kappa shape index (κ3) is 2.83. The molecule has 0 bridgehead atoms. The zero-order valence-corrected chi connectivity index (χ0v) is 11.1. The largest absolute Gasteiger partial charge is 0.309 e. The topological polar surface area (TPSA) is 12.0 Å². The SMILES string of the molecule is Cc1cc(Cl)ccc1CNC(C1CC1)C1CC1. The van der Waals surface area contributed by atoms with Gasteiger partial charge in [-0.05, 0) is 67.7 Å². The summed E-state index contributed by atoms with van der Waals surface area (Å²) in [5.74, 6) is 1.94. The highest BCUT2D eigenvalue weighted by Crippen LogP contribution is 2.44. The maximum absolute atomic E-state index is 5.98. The number of nitrogens with one attached hydrogen (secondary N) is 1. The van der Waals surface area contributed by atoms with Gasteiger partial charge in [0.25, 0.3) is 0 Å². The Balaban J connectivity index is 1.62. The van der Waals surface area contributed by atoms with Crippen LogP contribution in [0.5, 0.6) is 0 Å². The summed E-state index contributed by atoms with van der Waals surface area (Å²) in [5, 5.41) is 4.62. The molecule has 17 heavy (non-hydrogen) atoms. The van der Waals surface area contributed by atoms with E-state index in [1.807, 2.05) is 6.07 Å². The Hall–Kier alpha value is -0.530. The number of rotatable bonds is 5. The fraction of sp³-hybridized carbons (Fsp3) is 0.600. The molecule has 1 nitrogen and oxygen atoms in total. The van der Waals surface area contributed by atoms with Crippen LogP contribution >= 0.6 is 11.6 Å². The summed E-state index contributed by atoms with van der Waals surface area (Å²) in [6.45, 7) is 3.15. The van der Waals surface area contributed by atoms with Crippen molar-refractivity contribution in [1.82, 2.24) is 5.32 Å². The fourth-order valence-electron chi connectivity index (χ4n) is 2.71. The zero-order chi connectivity index (χ0) is 11.8. The summed E-state index contributed by atoms with van der Waals surface area (Å²) in [6, 6.07) is 6.99. The van der Waals surface area contributed by atoms with Crippen LogP contribution in [0.4, 0.5) is 0 Å². The highest BCUT2D eigenvalue weighted by atomic mass is 35.5. The molecule has 0 unspecified atom stereocenters. The van der Waals surface area contributed by atoms with Gasteiger partial charge >= 0.3 is 0 Å². The fourth-order valence-corrected chi connectivity index (χ4v) is 2.94. The van der Waals surface area contributed by atoms with E-state index in [2.05, 4.69) is 24.4 Å². The Morgan fingerprint density at radius 1 is 1.24 bits per heavy atom. The number of halogens is 1. The lowest BCUT2D eigenvalue weighted by Crippen LogP contribution is -2.32. The van der Waals surface area contributed by atoms with E-state index in [1.165, 1.54) is 36.8 Å². The third-order valence-corrected chi connectivity index (χ3v) is 4.33. The summed E-state index contributed by atoms with van der Waals surface area (Å²) in [4.78, 5) is 0. The molecule has 2 aliphatic carbocycles. The van der Waals surface area contributed by atoms with Gasteiger partial charge in [-0.15, -0.1) is 0 Å². The van der Waals surface area contributed by atoms with Crippen molar-refractivity contribution in [2.24, 2.45) is 11.8 Å². The third-order valence-electron chi connectivity index (χ3n) is 4.09. The monoisotopic (exact) mass is 249 g/mol. The zero-order valence-electron chi connectivity index (χ0n) is 10.4. The summed E-state index contributed by atoms with van der Waals surface area (Å²) in [5.41, 5.74) is 2.69. The molecule has 0 aliphatic heterocycles. The lowest BCUT2D eigenvalue weighted by Gasteiger charge is -2.18. The van der Waals surface area contributed by atoms with Gasteiger partial charge < -0.3 is 5.32 Å². The van der Waals surface area contributed by atoms with Crippen LogP contribution in [0, 0.1) is 18.8 Å². The van der Waals surface area contributed by atoms with Crippen molar-refractivity contribution in [3.63, 3.8) is 0 Å². The van der Waals surface area contributed by atoms with Gasteiger partial charge in [0.15, 0.2) is 0 Å². The standard InChI is InChI=1S/C15H20ClN/c1-10-8-14(16)7-6-13(10)9-17-15(11-2-3-11)12-4-5-12/h6-8,11-12,15,17H,2-5,9H2,1H3. The van der Waals surface area contributed by atoms with E-state index >= 15 is 0 Å². The second kappa shape index (κ2) is 4.62. The molecule has 0 aromatic heterocycles. The number of hydrogen-bond acceptors (Lipinski definition) is 1. The number of hydrogen-bond donors (Lipinski definition) is 1. The van der Waals surface area contributed by atoms with E-state index in [9.17, 15) is 0 Å². The van der Waals surface area contributed by atoms with Crippen molar-refractivity contribution in [3.05, 3.63) is 34.3 Å². The van der Waals surface area contributed by atoms with Crippen LogP contribution in [0.3, 0.4) is 0 Å². The molecule has 0 saturated heterocycles. The number of aryl methyl sites for hydroxylation is 1. The van der Waals surface area contributed by atoms with Crippen LogP contribution < -0.4 is 5.32 Å². The molecular weight excluding hydrogens is 230 g/mol. The molecule has 3 rings (SSSR count). The molecule has 1 N–H and O–H groups in total. The average Bonchev–Trinajstić information content (AvgIpc) is 3.15. The Labute approximate surface area is 109 Å². The van der Waals surface area contributed by atoms with Crippen LogP contribution in [-0.2, 0) is 6.54 Å². The quantitative estimate of drug-likeness (QED) is 0.834. The molecular formula is C15H20ClN. The molecule has 0 radical (unpaired) electrons. The normalized spacial score (nSPS) is 19.9. The van der Waals surface area contributed by atoms with Gasteiger partial charge in [0.1, 0.15) is 0 Å². The first kappa shape index (κ1) is 11.6. The predicted molar refractivity (Wildman–Crippen MR) is 72.3 cm³/mol. The van der Waals surface area contributed by atoms with Gasteiger partial charge in [0.05, 0.1) is 0 Å². The van der Waals surface area contributed by atoms with Crippen LogP contribution in [0.2, 0.25) is 5.02 Å². The molecule has 92 valence electrons. The van der Waals surface area contributed by atoms with Gasteiger partial charge in [-0.1, -0.05) is 17.7 Å². The van der Waals surface area contributed by atoms with E-state index in [4.69, 9.17) is 11.6 Å². The minimum atomic E-state index is 0.782. The first-order valence-corrected chi connectivity index (χ1v) is 7.10. The minimum Gasteiger partial charge on any atom is -0.309 e. The molecule has 0 amide bonds. The molecule has 0 heterocycles. The maximum atomic E-state index is 5.98. The Morgan fingerprint density at radius 3 is 2.41 bits per heavy atom. The lowest BCUT2D eigenvalue weighted by atomic mass is 10.1. The van der Waals surface area contributed by atoms with Gasteiger partial charge in [0, 0.05) is 17.6 Å². The summed E-state index contributed by atoms with van der Waals surface area (Å²) in [7, 11) is 0. The summed E-state index contributed by atoms with van der Waals surface area (Å²) >= 11 is 5.98. The second-order valence-corrected chi connectivity index (χ2v) is 6.09. The van der Waals surface area contributed by atoms with E-state index in [1.54, 1.807) is 0 Å². The van der Waals surface area contributed by atoms with Crippen molar-refractivity contribution < 1.29 is 0 Å². The van der Waals surface area contributed by atoms with Crippen molar-refractivity contribution in [2.75, 3.05) is 0 Å². The highest BCUT2D eigenvalue weighted by Gasteiger charge is 2.40. The van der Waals surface area contributed by atoms with Gasteiger partial charge in [-0.25, -0.2) is 0 Å². The Morgan fingerprint density at radius 2 is 1.88 bits per heavy atom. The van der Waals surface area contributed by atoms with Gasteiger partial charge in [0.2, 0.25) is 0 Å². The van der Waals surface area contributed by atoms with E-state index in [0.29, 0.717) is 0 Å². The molecule has 1 aromatic rings. The van der Waals surface area contributed by atoms with Crippen LogP contribution in [0.15, 0.2) is 18.2 Å². The molecule has 1 aromatic carbocycles. The molecule has 2 aliphatic rings. The Kier molecular flexibility index (Phi) is 3.14. The summed E-state index contributed by atoms with van der Waals surface area (Å²) in [6.07, 6.45) is 5.75. The van der Waals surface area contributed by atoms with Crippen LogP contribution in [-0.4, -0.2) is 6.04 Å². The molecule has 0 spiro atoms. The van der Waals surface area contributed by atoms with Crippen LogP contribution in [0.1, 0.15) is 36.8 Å². The minimum absolute atomic E-state index is 0.782. The predicted octanol–water partition coefficient (Wildman–Crippen LogP) is 3.93. The molecule has 2 heteroatoms. The van der Waals surface area contributed by atoms with Crippen LogP contribution in [0.25, 0.3) is 0 Å². The molecule has 2 saturated carbocycles. The van der Waals surface area contributed by atoms with Crippen molar-refractivity contribution >= 4 is 11.6 Å². The van der Waals surface area contributed by atoms with E-state index in [-0.39, 0.29) is 0 Å².